The Kier molecular flexibility index (Phi) is 4.40. The maximum absolute atomic E-state index is 13.8. The first-order valence-corrected chi connectivity index (χ1v) is 9.89. The van der Waals surface area contributed by atoms with Crippen molar-refractivity contribution in [2.24, 2.45) is 0 Å². The van der Waals surface area contributed by atoms with Crippen molar-refractivity contribution in [3.63, 3.8) is 0 Å². The Morgan fingerprint density at radius 2 is 2.17 bits per heavy atom. The molecule has 1 saturated heterocycles. The first-order chi connectivity index (χ1) is 14.0. The van der Waals surface area contributed by atoms with Gasteiger partial charge in [0.15, 0.2) is 5.65 Å². The average Bonchev–Trinajstić information content (AvgIpc) is 3.21. The Hall–Kier alpha value is -2.71. The Bertz CT molecular complexity index is 1110. The summed E-state index contributed by atoms with van der Waals surface area (Å²) in [5.41, 5.74) is 2.73. The van der Waals surface area contributed by atoms with Crippen LogP contribution in [0.1, 0.15) is 28.5 Å². The van der Waals surface area contributed by atoms with Crippen LogP contribution in [0.2, 0.25) is 5.02 Å². The van der Waals surface area contributed by atoms with Crippen LogP contribution in [0.5, 0.6) is 5.75 Å². The van der Waals surface area contributed by atoms with E-state index in [1.54, 1.807) is 21.8 Å². The highest BCUT2D eigenvalue weighted by molar-refractivity contribution is 6.30. The van der Waals surface area contributed by atoms with E-state index in [2.05, 4.69) is 21.9 Å². The predicted octanol–water partition coefficient (Wildman–Crippen LogP) is 2.76. The molecule has 7 nitrogen and oxygen atoms in total. The molecule has 0 atom stereocenters. The number of aromatic nitrogens is 3. The summed E-state index contributed by atoms with van der Waals surface area (Å²) < 4.78 is 21.4. The lowest BCUT2D eigenvalue weighted by molar-refractivity contribution is 0.0226. The molecule has 2 aliphatic rings. The summed E-state index contributed by atoms with van der Waals surface area (Å²) in [6.45, 7) is 5.33. The van der Waals surface area contributed by atoms with Crippen LogP contribution >= 0.6 is 11.6 Å². The lowest BCUT2D eigenvalue weighted by atomic mass is 10.1. The summed E-state index contributed by atoms with van der Waals surface area (Å²) in [7, 11) is 0. The normalized spacial score (nSPS) is 16.9. The molecule has 0 radical (unpaired) electrons. The second-order valence-electron chi connectivity index (χ2n) is 7.36. The number of fused-ring (bicyclic) bond motifs is 3. The first-order valence-electron chi connectivity index (χ1n) is 9.51. The molecular weight excluding hydrogens is 397 g/mol. The number of likely N-dealkylation sites (N-methyl/N-ethyl adjacent to an activating group) is 1. The summed E-state index contributed by atoms with van der Waals surface area (Å²) in [4.78, 5) is 21.4. The molecule has 3 aromatic rings. The maximum Gasteiger partial charge on any atom is 0.258 e. The van der Waals surface area contributed by atoms with Crippen LogP contribution in [0.3, 0.4) is 0 Å². The van der Waals surface area contributed by atoms with Gasteiger partial charge in [-0.25, -0.2) is 13.9 Å². The van der Waals surface area contributed by atoms with E-state index < -0.39 is 5.82 Å². The lowest BCUT2D eigenvalue weighted by Crippen LogP contribution is -2.53. The molecule has 150 valence electrons. The van der Waals surface area contributed by atoms with Crippen LogP contribution < -0.4 is 4.74 Å². The smallest absolute Gasteiger partial charge is 0.258 e. The Morgan fingerprint density at radius 3 is 2.97 bits per heavy atom. The second kappa shape index (κ2) is 6.96. The van der Waals surface area contributed by atoms with Crippen molar-refractivity contribution < 1.29 is 13.9 Å². The number of rotatable bonds is 4. The molecule has 0 saturated carbocycles. The van der Waals surface area contributed by atoms with Gasteiger partial charge in [-0.05, 0) is 18.7 Å². The van der Waals surface area contributed by atoms with Gasteiger partial charge in [0, 0.05) is 30.9 Å². The first kappa shape index (κ1) is 18.3. The molecule has 1 amide bonds. The van der Waals surface area contributed by atoms with E-state index in [1.807, 2.05) is 0 Å². The van der Waals surface area contributed by atoms with Gasteiger partial charge in [-0.1, -0.05) is 18.5 Å². The number of hydrogen-bond donors (Lipinski definition) is 0. The van der Waals surface area contributed by atoms with Crippen LogP contribution in [0, 0.1) is 5.82 Å². The summed E-state index contributed by atoms with van der Waals surface area (Å²) in [5, 5.41) is 4.98. The van der Waals surface area contributed by atoms with Crippen LogP contribution in [-0.2, 0) is 13.1 Å². The van der Waals surface area contributed by atoms with E-state index in [0.29, 0.717) is 35.1 Å². The van der Waals surface area contributed by atoms with Crippen molar-refractivity contribution in [1.29, 1.82) is 0 Å². The number of carbonyl (C=O) groups excluding carboxylic acids is 1. The van der Waals surface area contributed by atoms with Crippen molar-refractivity contribution in [3.05, 3.63) is 58.3 Å². The minimum Gasteiger partial charge on any atom is -0.487 e. The number of halogens is 2. The summed E-state index contributed by atoms with van der Waals surface area (Å²) in [5.74, 6) is -0.345. The van der Waals surface area contributed by atoms with Crippen LogP contribution in [0.25, 0.3) is 5.65 Å². The zero-order chi connectivity index (χ0) is 20.1. The molecule has 0 N–H and O–H groups in total. The number of amides is 1. The summed E-state index contributed by atoms with van der Waals surface area (Å²) in [6, 6.07) is 4.07. The molecule has 5 rings (SSSR count). The number of hydrogen-bond acceptors (Lipinski definition) is 5. The maximum atomic E-state index is 13.8. The van der Waals surface area contributed by atoms with Gasteiger partial charge >= 0.3 is 0 Å². The van der Waals surface area contributed by atoms with Gasteiger partial charge in [0.05, 0.1) is 35.6 Å². The van der Waals surface area contributed by atoms with E-state index in [9.17, 15) is 9.18 Å². The van der Waals surface area contributed by atoms with Crippen molar-refractivity contribution >= 4 is 23.2 Å². The molecule has 0 bridgehead atoms. The highest BCUT2D eigenvalue weighted by atomic mass is 35.5. The topological polar surface area (TPSA) is 63.0 Å². The van der Waals surface area contributed by atoms with Gasteiger partial charge in [0.1, 0.15) is 17.7 Å². The molecular formula is C20H19ClFN5O2. The summed E-state index contributed by atoms with van der Waals surface area (Å²) >= 11 is 5.97. The third-order valence-electron chi connectivity index (χ3n) is 5.43. The fraction of sp³-hybridized carbons (Fsp3) is 0.350. The lowest BCUT2D eigenvalue weighted by Gasteiger charge is -2.38. The second-order valence-corrected chi connectivity index (χ2v) is 7.80. The minimum absolute atomic E-state index is 0.0303. The van der Waals surface area contributed by atoms with Crippen LogP contribution in [0.15, 0.2) is 30.6 Å². The minimum atomic E-state index is -0.424. The van der Waals surface area contributed by atoms with Gasteiger partial charge in [-0.2, -0.15) is 5.10 Å². The van der Waals surface area contributed by atoms with Crippen molar-refractivity contribution in [1.82, 2.24) is 24.4 Å². The number of benzene rings is 1. The van der Waals surface area contributed by atoms with Crippen molar-refractivity contribution in [3.8, 4) is 5.75 Å². The van der Waals surface area contributed by atoms with Gasteiger partial charge in [-0.15, -0.1) is 0 Å². The number of carbonyl (C=O) groups is 1. The predicted molar refractivity (Wildman–Crippen MR) is 105 cm³/mol. The molecule has 0 spiro atoms. The van der Waals surface area contributed by atoms with E-state index in [-0.39, 0.29) is 12.0 Å². The Labute approximate surface area is 171 Å². The molecule has 4 heterocycles. The SMILES string of the molecule is CCN1CC(Oc2cc(F)ccc2C(=O)N2Cc3nn4cc(Cl)cnc4c3C2)C1. The fourth-order valence-corrected chi connectivity index (χ4v) is 3.98. The molecule has 9 heteroatoms. The zero-order valence-corrected chi connectivity index (χ0v) is 16.6. The Morgan fingerprint density at radius 1 is 1.34 bits per heavy atom. The number of nitrogens with zero attached hydrogens (tertiary/aromatic N) is 5. The standard InChI is InChI=1S/C20H19ClFN5O2/c1-2-25-8-14(9-25)29-18-5-13(22)3-4-15(18)20(28)26-10-16-17(11-26)24-27-7-12(21)6-23-19(16)27/h3-7,14H,2,8-11H2,1H3. The molecule has 1 fully saturated rings. The van der Waals surface area contributed by atoms with Gasteiger partial charge in [0.25, 0.3) is 5.91 Å². The van der Waals surface area contributed by atoms with E-state index >= 15 is 0 Å². The van der Waals surface area contributed by atoms with Crippen LogP contribution in [0.4, 0.5) is 4.39 Å². The van der Waals surface area contributed by atoms with Gasteiger partial charge in [-0.3, -0.25) is 9.69 Å². The van der Waals surface area contributed by atoms with Gasteiger partial charge in [0.2, 0.25) is 0 Å². The molecule has 2 aromatic heterocycles. The highest BCUT2D eigenvalue weighted by Crippen LogP contribution is 2.30. The third-order valence-corrected chi connectivity index (χ3v) is 5.63. The average molecular weight is 416 g/mol. The monoisotopic (exact) mass is 415 g/mol. The quantitative estimate of drug-likeness (QED) is 0.655. The number of ether oxygens (including phenoxy) is 1. The molecule has 0 aliphatic carbocycles. The van der Waals surface area contributed by atoms with Gasteiger partial charge < -0.3 is 9.64 Å². The van der Waals surface area contributed by atoms with E-state index in [4.69, 9.17) is 16.3 Å². The molecule has 2 aliphatic heterocycles. The third kappa shape index (κ3) is 3.22. The fourth-order valence-electron chi connectivity index (χ4n) is 3.84. The molecule has 29 heavy (non-hydrogen) atoms. The van der Waals surface area contributed by atoms with E-state index in [1.165, 1.54) is 18.2 Å². The Balaban J connectivity index is 1.38. The number of likely N-dealkylation sites (tertiary alicyclic amines) is 1. The summed E-state index contributed by atoms with van der Waals surface area (Å²) in [6.07, 6.45) is 3.23. The van der Waals surface area contributed by atoms with Crippen molar-refractivity contribution in [2.45, 2.75) is 26.1 Å². The zero-order valence-electron chi connectivity index (χ0n) is 15.8. The highest BCUT2D eigenvalue weighted by Gasteiger charge is 2.32. The van der Waals surface area contributed by atoms with Crippen LogP contribution in [-0.4, -0.2) is 56.0 Å². The van der Waals surface area contributed by atoms with E-state index in [0.717, 1.165) is 30.9 Å². The largest absolute Gasteiger partial charge is 0.487 e. The molecule has 0 unspecified atom stereocenters. The molecule has 1 aromatic carbocycles. The van der Waals surface area contributed by atoms with Crippen molar-refractivity contribution in [2.75, 3.05) is 19.6 Å².